The van der Waals surface area contributed by atoms with Crippen molar-refractivity contribution in [2.24, 2.45) is 17.1 Å². The summed E-state index contributed by atoms with van der Waals surface area (Å²) in [4.78, 5) is 0. The van der Waals surface area contributed by atoms with Crippen LogP contribution in [0.4, 0.5) is 0 Å². The van der Waals surface area contributed by atoms with Gasteiger partial charge in [0.05, 0.1) is 0 Å². The zero-order valence-corrected chi connectivity index (χ0v) is 12.2. The molecule has 1 aliphatic rings. The van der Waals surface area contributed by atoms with Crippen LogP contribution in [0.2, 0.25) is 0 Å². The molecule has 0 radical (unpaired) electrons. The lowest BCUT2D eigenvalue weighted by atomic mass is 9.65. The van der Waals surface area contributed by atoms with Gasteiger partial charge in [0.15, 0.2) is 0 Å². The number of sulfone groups is 1. The minimum absolute atomic E-state index is 0.159. The van der Waals surface area contributed by atoms with Gasteiger partial charge in [-0.05, 0) is 37.0 Å². The van der Waals surface area contributed by atoms with Crippen LogP contribution in [-0.2, 0) is 9.84 Å². The normalized spacial score (nSPS) is 26.7. The molecule has 0 aromatic rings. The second-order valence-electron chi connectivity index (χ2n) is 6.28. The standard InChI is InChI=1S/C13H27NO2S/c1-13(2)9-5-4-7-11(13)12(14)8-6-10-17(3,15)16/h11-12H,4-10,14H2,1-3H3. The summed E-state index contributed by atoms with van der Waals surface area (Å²) in [5.41, 5.74) is 6.58. The highest BCUT2D eigenvalue weighted by Crippen LogP contribution is 2.42. The van der Waals surface area contributed by atoms with E-state index in [1.165, 1.54) is 31.9 Å². The fourth-order valence-corrected chi connectivity index (χ4v) is 3.79. The molecule has 3 nitrogen and oxygen atoms in total. The lowest BCUT2D eigenvalue weighted by Gasteiger charge is -2.42. The molecule has 2 unspecified atom stereocenters. The molecule has 0 aromatic carbocycles. The van der Waals surface area contributed by atoms with Crippen LogP contribution in [0.5, 0.6) is 0 Å². The molecule has 1 fully saturated rings. The van der Waals surface area contributed by atoms with Gasteiger partial charge in [-0.15, -0.1) is 0 Å². The Labute approximate surface area is 106 Å². The maximum absolute atomic E-state index is 11.1. The van der Waals surface area contributed by atoms with Crippen LogP contribution in [0.15, 0.2) is 0 Å². The minimum atomic E-state index is -2.83. The first-order chi connectivity index (χ1) is 7.72. The monoisotopic (exact) mass is 261 g/mol. The van der Waals surface area contributed by atoms with Crippen molar-refractivity contribution in [2.75, 3.05) is 12.0 Å². The number of nitrogens with two attached hydrogens (primary N) is 1. The van der Waals surface area contributed by atoms with Crippen molar-refractivity contribution in [3.05, 3.63) is 0 Å². The summed E-state index contributed by atoms with van der Waals surface area (Å²) in [6.45, 7) is 4.60. The van der Waals surface area contributed by atoms with E-state index in [9.17, 15) is 8.42 Å². The highest BCUT2D eigenvalue weighted by Gasteiger charge is 2.35. The Morgan fingerprint density at radius 3 is 2.53 bits per heavy atom. The van der Waals surface area contributed by atoms with Crippen molar-refractivity contribution in [1.82, 2.24) is 0 Å². The van der Waals surface area contributed by atoms with Gasteiger partial charge < -0.3 is 5.73 Å². The summed E-state index contributed by atoms with van der Waals surface area (Å²) >= 11 is 0. The quantitative estimate of drug-likeness (QED) is 0.826. The first-order valence-electron chi connectivity index (χ1n) is 6.66. The first-order valence-corrected chi connectivity index (χ1v) is 8.72. The van der Waals surface area contributed by atoms with Crippen molar-refractivity contribution >= 4 is 9.84 Å². The molecule has 0 aromatic heterocycles. The average Bonchev–Trinajstić information content (AvgIpc) is 2.14. The Balaban J connectivity index is 2.43. The minimum Gasteiger partial charge on any atom is -0.327 e. The molecule has 4 heteroatoms. The first kappa shape index (κ1) is 15.0. The second kappa shape index (κ2) is 5.70. The van der Waals surface area contributed by atoms with E-state index in [-0.39, 0.29) is 11.8 Å². The van der Waals surface area contributed by atoms with E-state index >= 15 is 0 Å². The van der Waals surface area contributed by atoms with Crippen LogP contribution in [0, 0.1) is 11.3 Å². The summed E-state index contributed by atoms with van der Waals surface area (Å²) in [7, 11) is -2.83. The van der Waals surface area contributed by atoms with E-state index in [2.05, 4.69) is 13.8 Å². The topological polar surface area (TPSA) is 60.2 Å². The number of rotatable bonds is 5. The molecule has 0 amide bonds. The van der Waals surface area contributed by atoms with Crippen molar-refractivity contribution in [3.8, 4) is 0 Å². The summed E-state index contributed by atoms with van der Waals surface area (Å²) in [6.07, 6.45) is 7.86. The van der Waals surface area contributed by atoms with Gasteiger partial charge in [0.1, 0.15) is 9.84 Å². The fourth-order valence-electron chi connectivity index (χ4n) is 3.10. The van der Waals surface area contributed by atoms with E-state index in [1.807, 2.05) is 0 Å². The molecule has 2 atom stereocenters. The third kappa shape index (κ3) is 4.96. The van der Waals surface area contributed by atoms with Crippen molar-refractivity contribution < 1.29 is 8.42 Å². The molecular formula is C13H27NO2S. The van der Waals surface area contributed by atoms with Crippen molar-refractivity contribution in [3.63, 3.8) is 0 Å². The van der Waals surface area contributed by atoms with Crippen LogP contribution in [0.25, 0.3) is 0 Å². The Morgan fingerprint density at radius 2 is 2.00 bits per heavy atom. The molecule has 0 spiro atoms. The van der Waals surface area contributed by atoms with E-state index < -0.39 is 9.84 Å². The molecule has 0 bridgehead atoms. The van der Waals surface area contributed by atoms with Crippen molar-refractivity contribution in [2.45, 2.75) is 58.4 Å². The summed E-state index contributed by atoms with van der Waals surface area (Å²) in [5.74, 6) is 0.823. The largest absolute Gasteiger partial charge is 0.327 e. The van der Waals surface area contributed by atoms with Gasteiger partial charge in [-0.3, -0.25) is 0 Å². The highest BCUT2D eigenvalue weighted by molar-refractivity contribution is 7.90. The smallest absolute Gasteiger partial charge is 0.147 e. The van der Waals surface area contributed by atoms with Gasteiger partial charge in [-0.25, -0.2) is 8.42 Å². The Bertz CT molecular complexity index is 335. The molecule has 0 saturated heterocycles. The molecule has 1 rings (SSSR count). The van der Waals surface area contributed by atoms with Gasteiger partial charge in [0.2, 0.25) is 0 Å². The SMILES string of the molecule is CC1(C)CCCCC1C(N)CCCS(C)(=O)=O. The van der Waals surface area contributed by atoms with Gasteiger partial charge in [-0.2, -0.15) is 0 Å². The van der Waals surface area contributed by atoms with Crippen LogP contribution in [0.1, 0.15) is 52.4 Å². The zero-order valence-electron chi connectivity index (χ0n) is 11.4. The lowest BCUT2D eigenvalue weighted by Crippen LogP contribution is -2.41. The lowest BCUT2D eigenvalue weighted by molar-refractivity contribution is 0.109. The van der Waals surface area contributed by atoms with Crippen LogP contribution >= 0.6 is 0 Å². The van der Waals surface area contributed by atoms with Crippen LogP contribution < -0.4 is 5.73 Å². The van der Waals surface area contributed by atoms with E-state index in [1.54, 1.807) is 0 Å². The molecule has 17 heavy (non-hydrogen) atoms. The average molecular weight is 261 g/mol. The molecular weight excluding hydrogens is 234 g/mol. The van der Waals surface area contributed by atoms with Crippen LogP contribution in [0.3, 0.4) is 0 Å². The number of hydrogen-bond acceptors (Lipinski definition) is 3. The molecule has 1 aliphatic carbocycles. The number of hydrogen-bond donors (Lipinski definition) is 1. The Morgan fingerprint density at radius 1 is 1.35 bits per heavy atom. The van der Waals surface area contributed by atoms with E-state index in [0.717, 1.165) is 6.42 Å². The molecule has 1 saturated carbocycles. The molecule has 2 N–H and O–H groups in total. The van der Waals surface area contributed by atoms with Gasteiger partial charge in [0, 0.05) is 18.1 Å². The van der Waals surface area contributed by atoms with Gasteiger partial charge in [0.25, 0.3) is 0 Å². The molecule has 0 aliphatic heterocycles. The zero-order chi connectivity index (χ0) is 13.1. The third-order valence-corrected chi connectivity index (χ3v) is 5.19. The summed E-state index contributed by atoms with van der Waals surface area (Å²) in [6, 6.07) is 0.159. The van der Waals surface area contributed by atoms with Gasteiger partial charge >= 0.3 is 0 Å². The van der Waals surface area contributed by atoms with E-state index in [4.69, 9.17) is 5.73 Å². The van der Waals surface area contributed by atoms with Crippen LogP contribution in [-0.4, -0.2) is 26.5 Å². The Hall–Kier alpha value is -0.0900. The predicted molar refractivity (Wildman–Crippen MR) is 72.7 cm³/mol. The Kier molecular flexibility index (Phi) is 5.02. The molecule has 102 valence electrons. The molecule has 0 heterocycles. The maximum atomic E-state index is 11.1. The maximum Gasteiger partial charge on any atom is 0.147 e. The van der Waals surface area contributed by atoms with Gasteiger partial charge in [-0.1, -0.05) is 26.7 Å². The van der Waals surface area contributed by atoms with E-state index in [0.29, 0.717) is 17.8 Å². The fraction of sp³-hybridized carbons (Fsp3) is 1.00. The predicted octanol–water partition coefficient (Wildman–Crippen LogP) is 2.35. The summed E-state index contributed by atoms with van der Waals surface area (Å²) in [5, 5.41) is 0. The second-order valence-corrected chi connectivity index (χ2v) is 8.54. The summed E-state index contributed by atoms with van der Waals surface area (Å²) < 4.78 is 22.2. The van der Waals surface area contributed by atoms with Crippen molar-refractivity contribution in [1.29, 1.82) is 0 Å². The highest BCUT2D eigenvalue weighted by atomic mass is 32.2. The third-order valence-electron chi connectivity index (χ3n) is 4.16.